The molecule has 0 radical (unpaired) electrons. The van der Waals surface area contributed by atoms with Crippen LogP contribution in [0.25, 0.3) is 0 Å². The number of hydrogen-bond donors (Lipinski definition) is 7. The number of amides is 4. The summed E-state index contributed by atoms with van der Waals surface area (Å²) in [6, 6.07) is 12.7. The average Bonchev–Trinajstić information content (AvgIpc) is 2.98. The Labute approximate surface area is 251 Å². The van der Waals surface area contributed by atoms with Crippen molar-refractivity contribution in [2.75, 3.05) is 26.7 Å². The van der Waals surface area contributed by atoms with E-state index in [0.29, 0.717) is 0 Å². The summed E-state index contributed by atoms with van der Waals surface area (Å²) >= 11 is 0. The molecule has 0 bridgehead atoms. The SMILES string of the molecule is C[C@@H](NC(=O)[C@@H](N)Cc1ccc(O)cc1)C(=O)NCC(=O)N(C)[C@@H](Cc1ccccc1)C(=O)NCCO.O=C(O)C(F)(F)F. The molecule has 2 aromatic rings. The van der Waals surface area contributed by atoms with Crippen LogP contribution in [0.15, 0.2) is 54.6 Å². The molecule has 0 saturated heterocycles. The highest BCUT2D eigenvalue weighted by molar-refractivity contribution is 5.93. The number of aliphatic hydroxyl groups is 1. The van der Waals surface area contributed by atoms with Crippen LogP contribution in [-0.2, 0) is 36.8 Å². The van der Waals surface area contributed by atoms with Gasteiger partial charge in [-0.25, -0.2) is 4.79 Å². The molecule has 0 aliphatic heterocycles. The van der Waals surface area contributed by atoms with Gasteiger partial charge >= 0.3 is 12.1 Å². The standard InChI is InChI=1S/C26H35N5O6.C2HF3O2/c1-17(30-25(36)21(27)14-19-8-10-20(33)11-9-19)24(35)29-16-23(34)31(2)22(26(37)28-12-13-32)15-18-6-4-3-5-7-18;3-2(4,5)1(6)7/h3-11,17,21-22,32-33H,12-16,27H2,1-2H3,(H,28,37)(H,29,35)(H,30,36);(H,6,7)/t17-,21+,22+;/m1./s1. The van der Waals surface area contributed by atoms with Gasteiger partial charge < -0.3 is 41.9 Å². The van der Waals surface area contributed by atoms with Crippen LogP contribution in [0.2, 0.25) is 0 Å². The molecule has 13 nitrogen and oxygen atoms in total. The molecule has 3 atom stereocenters. The third-order valence-electron chi connectivity index (χ3n) is 5.98. The van der Waals surface area contributed by atoms with Crippen molar-refractivity contribution >= 4 is 29.6 Å². The summed E-state index contributed by atoms with van der Waals surface area (Å²) < 4.78 is 31.7. The maximum absolute atomic E-state index is 12.8. The first-order chi connectivity index (χ1) is 20.6. The van der Waals surface area contributed by atoms with E-state index in [1.165, 1.54) is 31.0 Å². The number of aliphatic hydroxyl groups excluding tert-OH is 1. The number of hydrogen-bond acceptors (Lipinski definition) is 8. The van der Waals surface area contributed by atoms with Gasteiger partial charge in [-0.1, -0.05) is 42.5 Å². The number of aromatic hydroxyl groups is 1. The zero-order chi connectivity index (χ0) is 33.4. The second-order valence-corrected chi connectivity index (χ2v) is 9.45. The Balaban J connectivity index is 0.00000123. The molecule has 0 unspecified atom stereocenters. The van der Waals surface area contributed by atoms with E-state index in [4.69, 9.17) is 20.7 Å². The number of carboxylic acid groups (broad SMARTS) is 1. The van der Waals surface area contributed by atoms with Crippen molar-refractivity contribution in [1.29, 1.82) is 0 Å². The van der Waals surface area contributed by atoms with Crippen LogP contribution in [0.1, 0.15) is 18.1 Å². The smallest absolute Gasteiger partial charge is 0.490 e. The molecule has 2 aromatic carbocycles. The Kier molecular flexibility index (Phi) is 15.3. The minimum atomic E-state index is -5.08. The second-order valence-electron chi connectivity index (χ2n) is 9.45. The van der Waals surface area contributed by atoms with E-state index in [9.17, 15) is 37.5 Å². The Hall–Kier alpha value is -4.70. The van der Waals surface area contributed by atoms with Crippen molar-refractivity contribution in [3.8, 4) is 5.75 Å². The Morgan fingerprint density at radius 3 is 1.95 bits per heavy atom. The number of phenols is 1. The zero-order valence-electron chi connectivity index (χ0n) is 24.0. The highest BCUT2D eigenvalue weighted by atomic mass is 19.4. The van der Waals surface area contributed by atoms with Crippen LogP contribution < -0.4 is 21.7 Å². The molecule has 0 heterocycles. The first kappa shape index (κ1) is 37.3. The number of alkyl halides is 3. The van der Waals surface area contributed by atoms with Gasteiger partial charge in [0.05, 0.1) is 19.2 Å². The summed E-state index contributed by atoms with van der Waals surface area (Å²) in [6.45, 7) is 0.900. The molecule has 0 spiro atoms. The number of carbonyl (C=O) groups is 5. The van der Waals surface area contributed by atoms with E-state index >= 15 is 0 Å². The number of nitrogens with two attached hydrogens (primary N) is 1. The lowest BCUT2D eigenvalue weighted by Gasteiger charge is -2.28. The molecule has 0 aromatic heterocycles. The molecule has 0 aliphatic carbocycles. The molecule has 4 amide bonds. The first-order valence-corrected chi connectivity index (χ1v) is 13.2. The minimum absolute atomic E-state index is 0.0506. The summed E-state index contributed by atoms with van der Waals surface area (Å²) in [6.07, 6.45) is -4.62. The van der Waals surface area contributed by atoms with Crippen LogP contribution >= 0.6 is 0 Å². The predicted molar refractivity (Wildman–Crippen MR) is 151 cm³/mol. The third-order valence-corrected chi connectivity index (χ3v) is 5.98. The van der Waals surface area contributed by atoms with Gasteiger partial charge in [0.2, 0.25) is 23.6 Å². The second kappa shape index (κ2) is 18.1. The van der Waals surface area contributed by atoms with E-state index in [-0.39, 0.29) is 38.3 Å². The van der Waals surface area contributed by atoms with Gasteiger partial charge in [-0.15, -0.1) is 0 Å². The van der Waals surface area contributed by atoms with Gasteiger partial charge in [0.25, 0.3) is 0 Å². The van der Waals surface area contributed by atoms with E-state index in [0.717, 1.165) is 11.1 Å². The number of carbonyl (C=O) groups excluding carboxylic acids is 4. The quantitative estimate of drug-likeness (QED) is 0.155. The number of halogens is 3. The van der Waals surface area contributed by atoms with Crippen molar-refractivity contribution in [3.05, 3.63) is 65.7 Å². The summed E-state index contributed by atoms with van der Waals surface area (Å²) in [7, 11) is 1.47. The molecular weight excluding hydrogens is 591 g/mol. The fourth-order valence-electron chi connectivity index (χ4n) is 3.52. The van der Waals surface area contributed by atoms with Crippen LogP contribution in [0.3, 0.4) is 0 Å². The molecule has 0 fully saturated rings. The Bertz CT molecular complexity index is 1250. The minimum Gasteiger partial charge on any atom is -0.508 e. The number of likely N-dealkylation sites (N-methyl/N-ethyl adjacent to an activating group) is 1. The monoisotopic (exact) mass is 627 g/mol. The van der Waals surface area contributed by atoms with E-state index in [1.54, 1.807) is 12.1 Å². The number of benzene rings is 2. The molecule has 8 N–H and O–H groups in total. The van der Waals surface area contributed by atoms with Crippen molar-refractivity contribution < 1.29 is 52.5 Å². The number of rotatable bonds is 13. The average molecular weight is 628 g/mol. The molecule has 0 aliphatic rings. The Morgan fingerprint density at radius 2 is 1.43 bits per heavy atom. The topological polar surface area (TPSA) is 211 Å². The number of aliphatic carboxylic acids is 1. The summed E-state index contributed by atoms with van der Waals surface area (Å²) in [4.78, 5) is 60.5. The highest BCUT2D eigenvalue weighted by Crippen LogP contribution is 2.13. The summed E-state index contributed by atoms with van der Waals surface area (Å²) in [5, 5.41) is 33.1. The van der Waals surface area contributed by atoms with Gasteiger partial charge in [-0.3, -0.25) is 19.2 Å². The summed E-state index contributed by atoms with van der Waals surface area (Å²) in [5.41, 5.74) is 7.53. The predicted octanol–water partition coefficient (Wildman–Crippen LogP) is -0.306. The van der Waals surface area contributed by atoms with Crippen LogP contribution in [0.5, 0.6) is 5.75 Å². The van der Waals surface area contributed by atoms with Crippen LogP contribution in [0, 0.1) is 0 Å². The van der Waals surface area contributed by atoms with Gasteiger partial charge in [0.15, 0.2) is 0 Å². The van der Waals surface area contributed by atoms with Crippen molar-refractivity contribution in [3.63, 3.8) is 0 Å². The van der Waals surface area contributed by atoms with Gasteiger partial charge in [0, 0.05) is 20.0 Å². The van der Waals surface area contributed by atoms with Crippen molar-refractivity contribution in [2.24, 2.45) is 5.73 Å². The molecule has 16 heteroatoms. The lowest BCUT2D eigenvalue weighted by Crippen LogP contribution is -2.54. The number of nitrogens with zero attached hydrogens (tertiary/aromatic N) is 1. The van der Waals surface area contributed by atoms with E-state index in [1.807, 2.05) is 30.3 Å². The third kappa shape index (κ3) is 13.5. The van der Waals surface area contributed by atoms with Crippen LogP contribution in [-0.4, -0.2) is 101 Å². The number of phenolic OH excluding ortho intramolecular Hbond substituents is 1. The zero-order valence-corrected chi connectivity index (χ0v) is 24.0. The van der Waals surface area contributed by atoms with Crippen LogP contribution in [0.4, 0.5) is 13.2 Å². The van der Waals surface area contributed by atoms with Crippen molar-refractivity contribution in [2.45, 2.75) is 44.1 Å². The summed E-state index contributed by atoms with van der Waals surface area (Å²) in [5.74, 6) is -4.71. The maximum Gasteiger partial charge on any atom is 0.490 e. The fraction of sp³-hybridized carbons (Fsp3) is 0.393. The first-order valence-electron chi connectivity index (χ1n) is 13.2. The fourth-order valence-corrected chi connectivity index (χ4v) is 3.52. The normalized spacial score (nSPS) is 12.8. The maximum atomic E-state index is 12.8. The van der Waals surface area contributed by atoms with Crippen molar-refractivity contribution in [1.82, 2.24) is 20.9 Å². The lowest BCUT2D eigenvalue weighted by molar-refractivity contribution is -0.192. The van der Waals surface area contributed by atoms with E-state index < -0.39 is 53.9 Å². The van der Waals surface area contributed by atoms with Gasteiger partial charge in [0.1, 0.15) is 17.8 Å². The number of nitrogens with one attached hydrogen (secondary N) is 3. The van der Waals surface area contributed by atoms with Gasteiger partial charge in [-0.05, 0) is 36.6 Å². The molecule has 44 heavy (non-hydrogen) atoms. The Morgan fingerprint density at radius 1 is 0.886 bits per heavy atom. The molecular formula is C28H36F3N5O8. The molecule has 2 rings (SSSR count). The molecule has 242 valence electrons. The van der Waals surface area contributed by atoms with E-state index in [2.05, 4.69) is 16.0 Å². The highest BCUT2D eigenvalue weighted by Gasteiger charge is 2.38. The lowest BCUT2D eigenvalue weighted by atomic mass is 10.0. The molecule has 0 saturated carbocycles. The largest absolute Gasteiger partial charge is 0.508 e. The number of carboxylic acids is 1. The van der Waals surface area contributed by atoms with Gasteiger partial charge in [-0.2, -0.15) is 13.2 Å².